The van der Waals surface area contributed by atoms with Gasteiger partial charge in [0.25, 0.3) is 0 Å². The molecule has 1 unspecified atom stereocenters. The molecule has 0 bridgehead atoms. The SMILES string of the molecule is COC(=O)/C=C/c1ccc(C#Cc2cc(OC)c3c(c2)C(C)(C)CCC3NCC2CC2)cc1. The maximum Gasteiger partial charge on any atom is 0.330 e. The molecule has 1 atom stereocenters. The minimum absolute atomic E-state index is 0.0890. The van der Waals surface area contributed by atoms with Crippen LogP contribution in [0, 0.1) is 17.8 Å². The van der Waals surface area contributed by atoms with Crippen LogP contribution >= 0.6 is 0 Å². The highest BCUT2D eigenvalue weighted by Crippen LogP contribution is 2.46. The Bertz CT molecular complexity index is 1100. The van der Waals surface area contributed by atoms with Crippen LogP contribution in [0.2, 0.25) is 0 Å². The van der Waals surface area contributed by atoms with E-state index in [0.29, 0.717) is 6.04 Å². The van der Waals surface area contributed by atoms with Gasteiger partial charge in [0.2, 0.25) is 0 Å². The van der Waals surface area contributed by atoms with Crippen molar-refractivity contribution in [1.82, 2.24) is 5.32 Å². The van der Waals surface area contributed by atoms with E-state index in [0.717, 1.165) is 47.7 Å². The number of hydrogen-bond donors (Lipinski definition) is 1. The Balaban J connectivity index is 1.59. The molecule has 2 aliphatic rings. The average Bonchev–Trinajstić information content (AvgIpc) is 3.65. The zero-order chi connectivity index (χ0) is 23.4. The van der Waals surface area contributed by atoms with Crippen molar-refractivity contribution in [1.29, 1.82) is 0 Å². The van der Waals surface area contributed by atoms with Gasteiger partial charge in [0.15, 0.2) is 0 Å². The summed E-state index contributed by atoms with van der Waals surface area (Å²) >= 11 is 0. The van der Waals surface area contributed by atoms with Crippen LogP contribution < -0.4 is 10.1 Å². The van der Waals surface area contributed by atoms with E-state index in [9.17, 15) is 4.79 Å². The molecule has 2 aromatic rings. The van der Waals surface area contributed by atoms with Crippen molar-refractivity contribution in [3.8, 4) is 17.6 Å². The van der Waals surface area contributed by atoms with Gasteiger partial charge in [-0.15, -0.1) is 0 Å². The van der Waals surface area contributed by atoms with E-state index < -0.39 is 0 Å². The van der Waals surface area contributed by atoms with Crippen LogP contribution in [0.1, 0.15) is 73.4 Å². The molecule has 4 rings (SSSR count). The summed E-state index contributed by atoms with van der Waals surface area (Å²) in [6.07, 6.45) is 8.12. The molecular weight excluding hydrogens is 410 g/mol. The first-order valence-corrected chi connectivity index (χ1v) is 11.7. The summed E-state index contributed by atoms with van der Waals surface area (Å²) < 4.78 is 10.5. The molecule has 1 fully saturated rings. The smallest absolute Gasteiger partial charge is 0.330 e. The van der Waals surface area contributed by atoms with Crippen LogP contribution in [0.25, 0.3) is 6.08 Å². The lowest BCUT2D eigenvalue weighted by atomic mass is 9.70. The Kier molecular flexibility index (Phi) is 6.91. The predicted octanol–water partition coefficient (Wildman–Crippen LogP) is 5.39. The summed E-state index contributed by atoms with van der Waals surface area (Å²) in [6.45, 7) is 5.74. The normalized spacial score (nSPS) is 18.8. The summed E-state index contributed by atoms with van der Waals surface area (Å²) in [5.41, 5.74) is 5.55. The average molecular weight is 444 g/mol. The van der Waals surface area contributed by atoms with E-state index in [1.165, 1.54) is 37.2 Å². The molecule has 0 aromatic heterocycles. The fourth-order valence-corrected chi connectivity index (χ4v) is 4.46. The molecule has 4 heteroatoms. The minimum Gasteiger partial charge on any atom is -0.496 e. The van der Waals surface area contributed by atoms with E-state index in [4.69, 9.17) is 4.74 Å². The molecule has 0 saturated heterocycles. The topological polar surface area (TPSA) is 47.6 Å². The van der Waals surface area contributed by atoms with E-state index in [1.807, 2.05) is 24.3 Å². The Morgan fingerprint density at radius 2 is 1.82 bits per heavy atom. The van der Waals surface area contributed by atoms with Crippen molar-refractivity contribution in [2.75, 3.05) is 20.8 Å². The van der Waals surface area contributed by atoms with Crippen LogP contribution in [-0.2, 0) is 14.9 Å². The lowest BCUT2D eigenvalue weighted by Crippen LogP contribution is -2.34. The quantitative estimate of drug-likeness (QED) is 0.369. The van der Waals surface area contributed by atoms with Crippen molar-refractivity contribution < 1.29 is 14.3 Å². The third-order valence-corrected chi connectivity index (χ3v) is 6.72. The monoisotopic (exact) mass is 443 g/mol. The highest BCUT2D eigenvalue weighted by atomic mass is 16.5. The Morgan fingerprint density at radius 3 is 2.48 bits per heavy atom. The van der Waals surface area contributed by atoms with E-state index in [1.54, 1.807) is 13.2 Å². The summed E-state index contributed by atoms with van der Waals surface area (Å²) in [7, 11) is 3.12. The minimum atomic E-state index is -0.367. The van der Waals surface area contributed by atoms with Gasteiger partial charge in [-0.2, -0.15) is 0 Å². The van der Waals surface area contributed by atoms with Crippen LogP contribution in [0.3, 0.4) is 0 Å². The van der Waals surface area contributed by atoms with Gasteiger partial charge in [-0.3, -0.25) is 0 Å². The summed E-state index contributed by atoms with van der Waals surface area (Å²) in [6, 6.07) is 12.5. The molecule has 0 heterocycles. The summed E-state index contributed by atoms with van der Waals surface area (Å²) in [5, 5.41) is 3.81. The summed E-state index contributed by atoms with van der Waals surface area (Å²) in [5.74, 6) is 8.02. The molecule has 0 radical (unpaired) electrons. The van der Waals surface area contributed by atoms with Crippen LogP contribution in [0.4, 0.5) is 0 Å². The number of esters is 1. The number of fused-ring (bicyclic) bond motifs is 1. The van der Waals surface area contributed by atoms with Crippen LogP contribution in [-0.4, -0.2) is 26.7 Å². The van der Waals surface area contributed by atoms with Gasteiger partial charge >= 0.3 is 5.97 Å². The first-order chi connectivity index (χ1) is 15.9. The lowest BCUT2D eigenvalue weighted by Gasteiger charge is -2.38. The molecule has 1 saturated carbocycles. The van der Waals surface area contributed by atoms with Crippen molar-refractivity contribution in [3.05, 3.63) is 70.3 Å². The largest absolute Gasteiger partial charge is 0.496 e. The van der Waals surface area contributed by atoms with Gasteiger partial charge in [-0.1, -0.05) is 37.8 Å². The van der Waals surface area contributed by atoms with Crippen LogP contribution in [0.5, 0.6) is 5.75 Å². The van der Waals surface area contributed by atoms with E-state index in [-0.39, 0.29) is 11.4 Å². The van der Waals surface area contributed by atoms with Gasteiger partial charge < -0.3 is 14.8 Å². The van der Waals surface area contributed by atoms with Gasteiger partial charge in [0.05, 0.1) is 14.2 Å². The lowest BCUT2D eigenvalue weighted by molar-refractivity contribution is -0.134. The van der Waals surface area contributed by atoms with E-state index >= 15 is 0 Å². The molecule has 0 aliphatic heterocycles. The highest BCUT2D eigenvalue weighted by Gasteiger charge is 2.36. The number of nitrogens with one attached hydrogen (secondary N) is 1. The number of ether oxygens (including phenoxy) is 2. The number of rotatable bonds is 6. The third kappa shape index (κ3) is 5.67. The zero-order valence-electron chi connectivity index (χ0n) is 20.0. The highest BCUT2D eigenvalue weighted by molar-refractivity contribution is 5.86. The second-order valence-corrected chi connectivity index (χ2v) is 9.70. The molecule has 2 aromatic carbocycles. The Hall–Kier alpha value is -3.03. The second kappa shape index (κ2) is 9.85. The zero-order valence-corrected chi connectivity index (χ0v) is 20.0. The number of methoxy groups -OCH3 is 2. The molecular formula is C29H33NO3. The number of carbonyl (C=O) groups excluding carboxylic acids is 1. The van der Waals surface area contributed by atoms with Gasteiger partial charge in [0, 0.05) is 28.8 Å². The fraction of sp³-hybridized carbons (Fsp3) is 0.414. The first-order valence-electron chi connectivity index (χ1n) is 11.7. The van der Waals surface area contributed by atoms with Gasteiger partial charge in [0.1, 0.15) is 5.75 Å². The molecule has 1 N–H and O–H groups in total. The third-order valence-electron chi connectivity index (χ3n) is 6.72. The second-order valence-electron chi connectivity index (χ2n) is 9.70. The molecule has 0 amide bonds. The molecule has 33 heavy (non-hydrogen) atoms. The van der Waals surface area contributed by atoms with Crippen molar-refractivity contribution >= 4 is 12.0 Å². The molecule has 172 valence electrons. The molecule has 4 nitrogen and oxygen atoms in total. The number of hydrogen-bond acceptors (Lipinski definition) is 4. The van der Waals surface area contributed by atoms with Gasteiger partial charge in [-0.05, 0) is 85.0 Å². The maximum absolute atomic E-state index is 11.3. The molecule has 2 aliphatic carbocycles. The number of benzene rings is 2. The summed E-state index contributed by atoms with van der Waals surface area (Å²) in [4.78, 5) is 11.3. The predicted molar refractivity (Wildman–Crippen MR) is 132 cm³/mol. The maximum atomic E-state index is 11.3. The Morgan fingerprint density at radius 1 is 1.09 bits per heavy atom. The fourth-order valence-electron chi connectivity index (χ4n) is 4.46. The van der Waals surface area contributed by atoms with E-state index in [2.05, 4.69) is 47.9 Å². The standard InChI is InChI=1S/C29H33NO3/c1-29(2)16-15-25(30-19-22-10-11-22)28-24(29)17-23(18-26(28)32-3)12-9-20-5-7-21(8-6-20)13-14-27(31)33-4/h5-8,13-14,17-18,22,25,30H,10-11,15-16,19H2,1-4H3/b14-13+. The van der Waals surface area contributed by atoms with Crippen molar-refractivity contribution in [3.63, 3.8) is 0 Å². The first kappa shape index (κ1) is 23.1. The van der Waals surface area contributed by atoms with Crippen molar-refractivity contribution in [2.45, 2.75) is 51.0 Å². The van der Waals surface area contributed by atoms with Crippen LogP contribution in [0.15, 0.2) is 42.5 Å². The molecule has 0 spiro atoms. The van der Waals surface area contributed by atoms with Crippen molar-refractivity contribution in [2.24, 2.45) is 5.92 Å². The van der Waals surface area contributed by atoms with Gasteiger partial charge in [-0.25, -0.2) is 4.79 Å². The number of carbonyl (C=O) groups is 1. The Labute approximate surface area is 197 Å².